The Morgan fingerprint density at radius 3 is 2.62 bits per heavy atom. The van der Waals surface area contributed by atoms with Crippen molar-refractivity contribution in [1.29, 1.82) is 5.26 Å². The summed E-state index contributed by atoms with van der Waals surface area (Å²) in [4.78, 5) is 0. The van der Waals surface area contributed by atoms with Crippen LogP contribution >= 0.6 is 11.6 Å². The highest BCUT2D eigenvalue weighted by atomic mass is 35.5. The molecule has 80 valence electrons. The van der Waals surface area contributed by atoms with E-state index < -0.39 is 0 Å². The average molecular weight is 232 g/mol. The number of benzene rings is 2. The number of nitriles is 1. The molecule has 0 saturated carbocycles. The number of ether oxygens (including phenoxy) is 1. The maximum atomic E-state index is 8.45. The van der Waals surface area contributed by atoms with Crippen molar-refractivity contribution >= 4 is 22.4 Å². The summed E-state index contributed by atoms with van der Waals surface area (Å²) in [6.07, 6.45) is 0.386. The Balaban J connectivity index is 2.39. The number of halogens is 1. The first-order valence-corrected chi connectivity index (χ1v) is 5.37. The molecular weight excluding hydrogens is 222 g/mol. The molecule has 2 nitrogen and oxygen atoms in total. The summed E-state index contributed by atoms with van der Waals surface area (Å²) >= 11 is 6.08. The van der Waals surface area contributed by atoms with Gasteiger partial charge in [-0.3, -0.25) is 0 Å². The van der Waals surface area contributed by atoms with Gasteiger partial charge in [-0.05, 0) is 12.1 Å². The fraction of sp³-hybridized carbons (Fsp3) is 0.154. The minimum absolute atomic E-state index is 0.386. The number of fused-ring (bicyclic) bond motifs is 1. The lowest BCUT2D eigenvalue weighted by Crippen LogP contribution is -1.96. The molecule has 0 unspecified atom stereocenters. The van der Waals surface area contributed by atoms with Gasteiger partial charge in [0.25, 0.3) is 0 Å². The molecule has 0 radical (unpaired) electrons. The van der Waals surface area contributed by atoms with Crippen molar-refractivity contribution in [3.8, 4) is 11.8 Å². The highest BCUT2D eigenvalue weighted by Crippen LogP contribution is 2.31. The van der Waals surface area contributed by atoms with E-state index >= 15 is 0 Å². The number of hydrogen-bond donors (Lipinski definition) is 0. The molecular formula is C13H10ClNO. The fourth-order valence-electron chi connectivity index (χ4n) is 1.57. The molecule has 0 heterocycles. The summed E-state index contributed by atoms with van der Waals surface area (Å²) in [7, 11) is 0. The minimum atomic E-state index is 0.386. The molecule has 0 atom stereocenters. The van der Waals surface area contributed by atoms with Gasteiger partial charge >= 0.3 is 0 Å². The second-order valence-corrected chi connectivity index (χ2v) is 3.75. The number of hydrogen-bond acceptors (Lipinski definition) is 2. The van der Waals surface area contributed by atoms with Crippen LogP contribution in [0.5, 0.6) is 5.75 Å². The molecule has 0 aliphatic rings. The molecule has 0 aromatic heterocycles. The minimum Gasteiger partial charge on any atom is -0.492 e. The van der Waals surface area contributed by atoms with E-state index in [2.05, 4.69) is 0 Å². The highest BCUT2D eigenvalue weighted by molar-refractivity contribution is 6.35. The summed E-state index contributed by atoms with van der Waals surface area (Å²) in [6, 6.07) is 13.5. The van der Waals surface area contributed by atoms with Crippen molar-refractivity contribution in [2.45, 2.75) is 6.42 Å². The van der Waals surface area contributed by atoms with Crippen LogP contribution in [0.25, 0.3) is 10.8 Å². The van der Waals surface area contributed by atoms with Gasteiger partial charge in [-0.2, -0.15) is 5.26 Å². The van der Waals surface area contributed by atoms with E-state index in [9.17, 15) is 0 Å². The van der Waals surface area contributed by atoms with Gasteiger partial charge < -0.3 is 4.74 Å². The lowest BCUT2D eigenvalue weighted by molar-refractivity contribution is 0.330. The zero-order valence-corrected chi connectivity index (χ0v) is 9.37. The molecule has 0 amide bonds. The SMILES string of the molecule is N#CCCOc1ccc(Cl)c2ccccc12. The van der Waals surface area contributed by atoms with E-state index in [-0.39, 0.29) is 0 Å². The second-order valence-electron chi connectivity index (χ2n) is 3.35. The van der Waals surface area contributed by atoms with Crippen molar-refractivity contribution in [2.24, 2.45) is 0 Å². The van der Waals surface area contributed by atoms with E-state index in [1.807, 2.05) is 42.5 Å². The second kappa shape index (κ2) is 4.87. The molecule has 0 fully saturated rings. The van der Waals surface area contributed by atoms with Gasteiger partial charge in [0.05, 0.1) is 12.5 Å². The lowest BCUT2D eigenvalue weighted by atomic mass is 10.1. The lowest BCUT2D eigenvalue weighted by Gasteiger charge is -2.08. The zero-order valence-electron chi connectivity index (χ0n) is 8.61. The predicted molar refractivity (Wildman–Crippen MR) is 64.7 cm³/mol. The van der Waals surface area contributed by atoms with Crippen molar-refractivity contribution < 1.29 is 4.74 Å². The van der Waals surface area contributed by atoms with Gasteiger partial charge in [0.1, 0.15) is 12.4 Å². The Labute approximate surface area is 99.0 Å². The van der Waals surface area contributed by atoms with Gasteiger partial charge in [0, 0.05) is 15.8 Å². The van der Waals surface area contributed by atoms with Crippen LogP contribution in [-0.4, -0.2) is 6.61 Å². The molecule has 0 N–H and O–H groups in total. The Morgan fingerprint density at radius 2 is 1.88 bits per heavy atom. The Bertz CT molecular complexity index is 545. The van der Waals surface area contributed by atoms with Crippen molar-refractivity contribution in [3.05, 3.63) is 41.4 Å². The predicted octanol–water partition coefficient (Wildman–Crippen LogP) is 3.79. The number of nitrogens with zero attached hydrogens (tertiary/aromatic N) is 1. The van der Waals surface area contributed by atoms with Gasteiger partial charge in [-0.15, -0.1) is 0 Å². The fourth-order valence-corrected chi connectivity index (χ4v) is 1.79. The standard InChI is InChI=1S/C13H10ClNO/c14-12-6-7-13(16-9-3-8-15)11-5-2-1-4-10(11)12/h1-2,4-7H,3,9H2. The largest absolute Gasteiger partial charge is 0.492 e. The Morgan fingerprint density at radius 1 is 1.12 bits per heavy atom. The summed E-state index contributed by atoms with van der Waals surface area (Å²) in [5.41, 5.74) is 0. The van der Waals surface area contributed by atoms with Crippen LogP contribution in [0.1, 0.15) is 6.42 Å². The summed E-state index contributed by atoms with van der Waals surface area (Å²) in [5, 5.41) is 11.1. The van der Waals surface area contributed by atoms with Crippen LogP contribution in [0.2, 0.25) is 5.02 Å². The van der Waals surface area contributed by atoms with Gasteiger partial charge in [-0.25, -0.2) is 0 Å². The van der Waals surface area contributed by atoms with E-state index in [0.717, 1.165) is 16.5 Å². The van der Waals surface area contributed by atoms with Gasteiger partial charge in [0.15, 0.2) is 0 Å². The van der Waals surface area contributed by atoms with Crippen LogP contribution in [0.15, 0.2) is 36.4 Å². The molecule has 0 aliphatic carbocycles. The molecule has 0 spiro atoms. The molecule has 0 bridgehead atoms. The molecule has 16 heavy (non-hydrogen) atoms. The molecule has 3 heteroatoms. The van der Waals surface area contributed by atoms with Crippen molar-refractivity contribution in [1.82, 2.24) is 0 Å². The maximum absolute atomic E-state index is 8.45. The third-order valence-corrected chi connectivity index (χ3v) is 2.63. The first-order chi connectivity index (χ1) is 7.83. The highest BCUT2D eigenvalue weighted by Gasteiger charge is 2.04. The van der Waals surface area contributed by atoms with E-state index in [1.165, 1.54) is 0 Å². The molecule has 0 aliphatic heterocycles. The summed E-state index contributed by atoms with van der Waals surface area (Å²) in [5.74, 6) is 0.773. The van der Waals surface area contributed by atoms with Gasteiger partial charge in [-0.1, -0.05) is 35.9 Å². The molecule has 2 aromatic carbocycles. The monoisotopic (exact) mass is 231 g/mol. The summed E-state index contributed by atoms with van der Waals surface area (Å²) in [6.45, 7) is 0.405. The maximum Gasteiger partial charge on any atom is 0.127 e. The Hall–Kier alpha value is -1.72. The van der Waals surface area contributed by atoms with Crippen LogP contribution in [0.3, 0.4) is 0 Å². The molecule has 2 rings (SSSR count). The van der Waals surface area contributed by atoms with Crippen molar-refractivity contribution in [2.75, 3.05) is 6.61 Å². The topological polar surface area (TPSA) is 33.0 Å². The first kappa shape index (κ1) is 10.8. The average Bonchev–Trinajstić information content (AvgIpc) is 2.33. The van der Waals surface area contributed by atoms with Crippen LogP contribution in [0.4, 0.5) is 0 Å². The first-order valence-electron chi connectivity index (χ1n) is 5.00. The van der Waals surface area contributed by atoms with Crippen LogP contribution in [-0.2, 0) is 0 Å². The summed E-state index contributed by atoms with van der Waals surface area (Å²) < 4.78 is 5.53. The van der Waals surface area contributed by atoms with Crippen LogP contribution in [0, 0.1) is 11.3 Å². The third-order valence-electron chi connectivity index (χ3n) is 2.30. The Kier molecular flexibility index (Phi) is 3.28. The number of rotatable bonds is 3. The molecule has 2 aromatic rings. The smallest absolute Gasteiger partial charge is 0.127 e. The third kappa shape index (κ3) is 2.10. The zero-order chi connectivity index (χ0) is 11.4. The molecule has 0 saturated heterocycles. The van der Waals surface area contributed by atoms with E-state index in [0.29, 0.717) is 18.1 Å². The van der Waals surface area contributed by atoms with Crippen molar-refractivity contribution in [3.63, 3.8) is 0 Å². The van der Waals surface area contributed by atoms with E-state index in [1.54, 1.807) is 0 Å². The quantitative estimate of drug-likeness (QED) is 0.753. The normalized spacial score (nSPS) is 10.0. The van der Waals surface area contributed by atoms with Crippen LogP contribution < -0.4 is 4.74 Å². The van der Waals surface area contributed by atoms with Gasteiger partial charge in [0.2, 0.25) is 0 Å². The van der Waals surface area contributed by atoms with E-state index in [4.69, 9.17) is 21.6 Å².